The van der Waals surface area contributed by atoms with Crippen LogP contribution >= 0.6 is 43.6 Å². The van der Waals surface area contributed by atoms with Gasteiger partial charge in [-0.05, 0) is 86.5 Å². The third kappa shape index (κ3) is 5.50. The molecule has 0 saturated carbocycles. The number of carbonyl (C=O) groups excluding carboxylic acids is 3. The van der Waals surface area contributed by atoms with Crippen molar-refractivity contribution in [2.45, 2.75) is 6.92 Å². The number of methoxy groups -OCH3 is 1. The molecule has 0 bridgehead atoms. The second-order valence-electron chi connectivity index (χ2n) is 6.26. The topological polar surface area (TPSA) is 84.9 Å². The number of para-hydroxylation sites is 1. The summed E-state index contributed by atoms with van der Waals surface area (Å²) in [4.78, 5) is 38.6. The number of amides is 3. The van der Waals surface area contributed by atoms with Crippen molar-refractivity contribution in [3.8, 4) is 11.5 Å². The standard InChI is InChI=1S/C21H18Br2N2O5S/c1-3-30-16-9-12(8-14(23)19(16)29-2)10-17-20(27)25(21(28)31-17)11-18(26)24-15-7-5-4-6-13(15)22/h4-10H,3,11H2,1-2H3,(H,24,26)/b17-10+. The highest BCUT2D eigenvalue weighted by molar-refractivity contribution is 9.11. The van der Waals surface area contributed by atoms with Crippen molar-refractivity contribution in [3.63, 3.8) is 0 Å². The number of hydrogen-bond acceptors (Lipinski definition) is 6. The number of rotatable bonds is 7. The molecule has 0 spiro atoms. The van der Waals surface area contributed by atoms with Crippen LogP contribution in [0.5, 0.6) is 11.5 Å². The number of carbonyl (C=O) groups is 3. The summed E-state index contributed by atoms with van der Waals surface area (Å²) in [5.74, 6) is 0.0527. The number of imide groups is 1. The molecule has 0 atom stereocenters. The van der Waals surface area contributed by atoms with E-state index in [0.717, 1.165) is 16.7 Å². The molecule has 0 aliphatic carbocycles. The van der Waals surface area contributed by atoms with Crippen LogP contribution in [0.1, 0.15) is 12.5 Å². The van der Waals surface area contributed by atoms with Crippen LogP contribution in [0.2, 0.25) is 0 Å². The molecule has 0 unspecified atom stereocenters. The average Bonchev–Trinajstić information content (AvgIpc) is 2.97. The first-order valence-corrected chi connectivity index (χ1v) is 11.5. The Kier molecular flexibility index (Phi) is 7.79. The lowest BCUT2D eigenvalue weighted by Gasteiger charge is -2.13. The zero-order chi connectivity index (χ0) is 22.5. The SMILES string of the molecule is CCOc1cc(/C=C2/SC(=O)N(CC(=O)Nc3ccccc3Br)C2=O)cc(Br)c1OC. The van der Waals surface area contributed by atoms with Crippen LogP contribution in [0.3, 0.4) is 0 Å². The number of thioether (sulfide) groups is 1. The summed E-state index contributed by atoms with van der Waals surface area (Å²) < 4.78 is 12.3. The minimum absolute atomic E-state index is 0.221. The molecule has 1 heterocycles. The summed E-state index contributed by atoms with van der Waals surface area (Å²) in [6.45, 7) is 1.92. The molecular formula is C21H18Br2N2O5S. The van der Waals surface area contributed by atoms with Crippen LogP contribution in [-0.4, -0.2) is 42.2 Å². The van der Waals surface area contributed by atoms with E-state index < -0.39 is 17.1 Å². The molecule has 0 aromatic heterocycles. The smallest absolute Gasteiger partial charge is 0.294 e. The monoisotopic (exact) mass is 568 g/mol. The van der Waals surface area contributed by atoms with Crippen molar-refractivity contribution in [1.29, 1.82) is 0 Å². The second-order valence-corrected chi connectivity index (χ2v) is 8.96. The number of anilines is 1. The number of benzene rings is 2. The third-order valence-corrected chi connectivity index (χ3v) is 6.34. The fourth-order valence-corrected chi connectivity index (χ4v) is 4.66. The van der Waals surface area contributed by atoms with Crippen molar-refractivity contribution >= 4 is 72.4 Å². The van der Waals surface area contributed by atoms with Crippen LogP contribution in [-0.2, 0) is 9.59 Å². The fourth-order valence-electron chi connectivity index (χ4n) is 2.82. The van der Waals surface area contributed by atoms with E-state index >= 15 is 0 Å². The van der Waals surface area contributed by atoms with Gasteiger partial charge in [0.1, 0.15) is 6.54 Å². The van der Waals surface area contributed by atoms with Crippen molar-refractivity contribution in [1.82, 2.24) is 4.90 Å². The molecule has 1 N–H and O–H groups in total. The maximum absolute atomic E-state index is 12.8. The molecule has 3 rings (SSSR count). The molecule has 1 aliphatic rings. The number of nitrogens with zero attached hydrogens (tertiary/aromatic N) is 1. The summed E-state index contributed by atoms with van der Waals surface area (Å²) >= 11 is 7.55. The fraction of sp³-hybridized carbons (Fsp3) is 0.190. The van der Waals surface area contributed by atoms with Crippen molar-refractivity contribution in [2.24, 2.45) is 0 Å². The number of halogens is 2. The van der Waals surface area contributed by atoms with Gasteiger partial charge in [-0.25, -0.2) is 0 Å². The first-order valence-electron chi connectivity index (χ1n) is 9.14. The van der Waals surface area contributed by atoms with Gasteiger partial charge >= 0.3 is 0 Å². The van der Waals surface area contributed by atoms with Crippen LogP contribution in [0.25, 0.3) is 6.08 Å². The summed E-state index contributed by atoms with van der Waals surface area (Å²) in [5, 5.41) is 2.18. The minimum Gasteiger partial charge on any atom is -0.492 e. The quantitative estimate of drug-likeness (QED) is 0.456. The van der Waals surface area contributed by atoms with Gasteiger partial charge in [0.25, 0.3) is 11.1 Å². The van der Waals surface area contributed by atoms with E-state index in [4.69, 9.17) is 9.47 Å². The number of hydrogen-bond donors (Lipinski definition) is 1. The maximum Gasteiger partial charge on any atom is 0.294 e. The van der Waals surface area contributed by atoms with Gasteiger partial charge in [0.05, 0.1) is 28.8 Å². The van der Waals surface area contributed by atoms with E-state index in [2.05, 4.69) is 37.2 Å². The van der Waals surface area contributed by atoms with Crippen LogP contribution < -0.4 is 14.8 Å². The lowest BCUT2D eigenvalue weighted by molar-refractivity contribution is -0.127. The molecule has 1 aliphatic heterocycles. The highest BCUT2D eigenvalue weighted by Crippen LogP contribution is 2.39. The molecular weight excluding hydrogens is 552 g/mol. The predicted octanol–water partition coefficient (Wildman–Crippen LogP) is 5.29. The Hall–Kier alpha value is -2.30. The van der Waals surface area contributed by atoms with Gasteiger partial charge in [0.15, 0.2) is 11.5 Å². The van der Waals surface area contributed by atoms with E-state index in [1.54, 1.807) is 36.4 Å². The molecule has 162 valence electrons. The van der Waals surface area contributed by atoms with E-state index in [1.807, 2.05) is 13.0 Å². The summed E-state index contributed by atoms with van der Waals surface area (Å²) in [6.07, 6.45) is 1.59. The zero-order valence-electron chi connectivity index (χ0n) is 16.6. The molecule has 10 heteroatoms. The predicted molar refractivity (Wildman–Crippen MR) is 127 cm³/mol. The number of nitrogens with one attached hydrogen (secondary N) is 1. The first kappa shape index (κ1) is 23.4. The van der Waals surface area contributed by atoms with Gasteiger partial charge in [-0.1, -0.05) is 12.1 Å². The van der Waals surface area contributed by atoms with Crippen LogP contribution in [0.15, 0.2) is 50.2 Å². The zero-order valence-corrected chi connectivity index (χ0v) is 20.6. The van der Waals surface area contributed by atoms with Crippen LogP contribution in [0, 0.1) is 0 Å². The van der Waals surface area contributed by atoms with E-state index in [9.17, 15) is 14.4 Å². The van der Waals surface area contributed by atoms with Crippen molar-refractivity contribution in [3.05, 3.63) is 55.8 Å². The maximum atomic E-state index is 12.8. The normalized spacial score (nSPS) is 14.8. The average molecular weight is 570 g/mol. The molecule has 1 saturated heterocycles. The lowest BCUT2D eigenvalue weighted by Crippen LogP contribution is -2.36. The molecule has 1 fully saturated rings. The largest absolute Gasteiger partial charge is 0.492 e. The Morgan fingerprint density at radius 3 is 2.61 bits per heavy atom. The minimum atomic E-state index is -0.526. The molecule has 0 radical (unpaired) electrons. The lowest BCUT2D eigenvalue weighted by atomic mass is 10.2. The summed E-state index contributed by atoms with van der Waals surface area (Å²) in [5.41, 5.74) is 1.21. The van der Waals surface area contributed by atoms with Gasteiger partial charge in [-0.3, -0.25) is 19.3 Å². The highest BCUT2D eigenvalue weighted by Gasteiger charge is 2.36. The van der Waals surface area contributed by atoms with E-state index in [-0.39, 0.29) is 11.4 Å². The molecule has 3 amide bonds. The Labute approximate surface area is 200 Å². The molecule has 2 aromatic rings. The van der Waals surface area contributed by atoms with Gasteiger partial charge < -0.3 is 14.8 Å². The van der Waals surface area contributed by atoms with Gasteiger partial charge in [0.2, 0.25) is 5.91 Å². The van der Waals surface area contributed by atoms with Crippen molar-refractivity contribution in [2.75, 3.05) is 25.6 Å². The van der Waals surface area contributed by atoms with Crippen LogP contribution in [0.4, 0.5) is 10.5 Å². The molecule has 31 heavy (non-hydrogen) atoms. The summed E-state index contributed by atoms with van der Waals surface area (Å²) in [7, 11) is 1.53. The first-order chi connectivity index (χ1) is 14.8. The Morgan fingerprint density at radius 2 is 1.94 bits per heavy atom. The van der Waals surface area contributed by atoms with Gasteiger partial charge in [0, 0.05) is 4.47 Å². The Balaban J connectivity index is 1.77. The molecule has 7 nitrogen and oxygen atoms in total. The molecule has 2 aromatic carbocycles. The Morgan fingerprint density at radius 1 is 1.19 bits per heavy atom. The van der Waals surface area contributed by atoms with Crippen molar-refractivity contribution < 1.29 is 23.9 Å². The summed E-state index contributed by atoms with van der Waals surface area (Å²) in [6, 6.07) is 10.6. The van der Waals surface area contributed by atoms with E-state index in [1.165, 1.54) is 7.11 Å². The van der Waals surface area contributed by atoms with E-state index in [0.29, 0.717) is 38.3 Å². The van der Waals surface area contributed by atoms with Gasteiger partial charge in [-0.2, -0.15) is 0 Å². The Bertz CT molecular complexity index is 1070. The number of ether oxygens (including phenoxy) is 2. The third-order valence-electron chi connectivity index (χ3n) is 4.16. The van der Waals surface area contributed by atoms with Gasteiger partial charge in [-0.15, -0.1) is 0 Å². The second kappa shape index (κ2) is 10.3. The highest BCUT2D eigenvalue weighted by atomic mass is 79.9.